The maximum Gasteiger partial charge on any atom is 0.233 e. The predicted octanol–water partition coefficient (Wildman–Crippen LogP) is 4.80. The quantitative estimate of drug-likeness (QED) is 0.599. The molecule has 9 heteroatoms. The summed E-state index contributed by atoms with van der Waals surface area (Å²) in [5, 5.41) is 2.24. The van der Waals surface area contributed by atoms with Crippen molar-refractivity contribution in [3.63, 3.8) is 0 Å². The highest BCUT2D eigenvalue weighted by Crippen LogP contribution is 2.43. The summed E-state index contributed by atoms with van der Waals surface area (Å²) < 4.78 is 11.1. The molecule has 0 aromatic carbocycles. The van der Waals surface area contributed by atoms with Gasteiger partial charge >= 0.3 is 0 Å². The number of hydrogen-bond acceptors (Lipinski definition) is 8. The maximum atomic E-state index is 6.37. The Morgan fingerprint density at radius 1 is 1.31 bits per heavy atom. The molecule has 0 N–H and O–H groups in total. The average molecular weight is 453 g/mol. The number of ether oxygens (including phenoxy) is 2. The first-order chi connectivity index (χ1) is 14.0. The summed E-state index contributed by atoms with van der Waals surface area (Å²) >= 11 is 9.47. The number of hydrogen-bond donors (Lipinski definition) is 0. The molecule has 1 atom stereocenters. The van der Waals surface area contributed by atoms with E-state index in [0.29, 0.717) is 22.4 Å². The van der Waals surface area contributed by atoms with Crippen LogP contribution in [0.25, 0.3) is 0 Å². The molecular weight excluding hydrogens is 428 g/mol. The van der Waals surface area contributed by atoms with Crippen LogP contribution in [-0.4, -0.2) is 54.1 Å². The van der Waals surface area contributed by atoms with Crippen molar-refractivity contribution in [1.82, 2.24) is 15.0 Å². The fourth-order valence-electron chi connectivity index (χ4n) is 4.08. The van der Waals surface area contributed by atoms with Gasteiger partial charge in [0, 0.05) is 24.2 Å². The molecule has 6 nitrogen and oxygen atoms in total. The van der Waals surface area contributed by atoms with Crippen molar-refractivity contribution < 1.29 is 9.47 Å². The second kappa shape index (κ2) is 8.88. The first-order valence-corrected chi connectivity index (χ1v) is 12.1. The highest BCUT2D eigenvalue weighted by atomic mass is 35.5. The molecule has 0 amide bonds. The molecule has 2 aliphatic heterocycles. The summed E-state index contributed by atoms with van der Waals surface area (Å²) in [6.45, 7) is 5.07. The van der Waals surface area contributed by atoms with Gasteiger partial charge < -0.3 is 14.4 Å². The van der Waals surface area contributed by atoms with Crippen LogP contribution in [0.5, 0.6) is 5.88 Å². The summed E-state index contributed by atoms with van der Waals surface area (Å²) in [4.78, 5) is 16.9. The van der Waals surface area contributed by atoms with Gasteiger partial charge in [0.25, 0.3) is 0 Å². The molecule has 0 saturated carbocycles. The van der Waals surface area contributed by atoms with E-state index in [1.165, 1.54) is 18.2 Å². The van der Waals surface area contributed by atoms with E-state index in [0.717, 1.165) is 53.3 Å². The maximum absolute atomic E-state index is 6.37. The zero-order valence-electron chi connectivity index (χ0n) is 16.9. The van der Waals surface area contributed by atoms with Crippen molar-refractivity contribution in [1.29, 1.82) is 0 Å². The molecule has 4 rings (SSSR count). The Hall–Kier alpha value is -1.22. The minimum atomic E-state index is 0.357. The standard InChI is InChI=1S/C20H25ClN4O2S2/c1-13-10-20(12-27-13)5-8-25(9-6-20)17-19(28-3)24-15(11-23-17)29-14-4-7-22-18(26-2)16(14)21/h4,7,11,13H,5-6,8-10,12H2,1-3H3/t13-/m0/s1. The molecular formula is C20H25ClN4O2S2. The first kappa shape index (κ1) is 21.0. The first-order valence-electron chi connectivity index (χ1n) is 9.67. The number of rotatable bonds is 5. The van der Waals surface area contributed by atoms with Gasteiger partial charge in [-0.25, -0.2) is 15.0 Å². The summed E-state index contributed by atoms with van der Waals surface area (Å²) in [6.07, 6.45) is 9.41. The molecule has 2 aromatic rings. The van der Waals surface area contributed by atoms with Crippen molar-refractivity contribution in [2.24, 2.45) is 5.41 Å². The molecule has 156 valence electrons. The van der Waals surface area contributed by atoms with Gasteiger partial charge in [0.05, 0.1) is 26.0 Å². The van der Waals surface area contributed by atoms with Crippen LogP contribution in [-0.2, 0) is 4.74 Å². The zero-order chi connectivity index (χ0) is 20.4. The Morgan fingerprint density at radius 2 is 2.10 bits per heavy atom. The van der Waals surface area contributed by atoms with E-state index in [-0.39, 0.29) is 0 Å². The third kappa shape index (κ3) is 4.45. The lowest BCUT2D eigenvalue weighted by Gasteiger charge is -2.39. The number of methoxy groups -OCH3 is 1. The van der Waals surface area contributed by atoms with E-state index in [4.69, 9.17) is 31.0 Å². The number of halogens is 1. The van der Waals surface area contributed by atoms with Crippen molar-refractivity contribution in [3.05, 3.63) is 23.5 Å². The highest BCUT2D eigenvalue weighted by molar-refractivity contribution is 7.99. The third-order valence-electron chi connectivity index (χ3n) is 5.64. The molecule has 2 saturated heterocycles. The topological polar surface area (TPSA) is 60.4 Å². The summed E-state index contributed by atoms with van der Waals surface area (Å²) in [5.74, 6) is 1.39. The molecule has 0 bridgehead atoms. The Balaban J connectivity index is 1.49. The molecule has 1 spiro atoms. The van der Waals surface area contributed by atoms with E-state index < -0.39 is 0 Å². The molecule has 0 unspecified atom stereocenters. The number of nitrogens with zero attached hydrogens (tertiary/aromatic N) is 4. The highest BCUT2D eigenvalue weighted by Gasteiger charge is 2.41. The van der Waals surface area contributed by atoms with Gasteiger partial charge in [-0.15, -0.1) is 11.8 Å². The van der Waals surface area contributed by atoms with Crippen LogP contribution < -0.4 is 9.64 Å². The van der Waals surface area contributed by atoms with Crippen LogP contribution in [0, 0.1) is 5.41 Å². The van der Waals surface area contributed by atoms with Crippen LogP contribution in [0.15, 0.2) is 33.4 Å². The van der Waals surface area contributed by atoms with Gasteiger partial charge in [-0.2, -0.15) is 0 Å². The van der Waals surface area contributed by atoms with E-state index >= 15 is 0 Å². The lowest BCUT2D eigenvalue weighted by atomic mass is 9.77. The summed E-state index contributed by atoms with van der Waals surface area (Å²) in [6, 6.07) is 1.86. The zero-order valence-corrected chi connectivity index (χ0v) is 19.2. The number of thioether (sulfide) groups is 1. The van der Waals surface area contributed by atoms with E-state index in [2.05, 4.69) is 16.8 Å². The Morgan fingerprint density at radius 3 is 2.76 bits per heavy atom. The van der Waals surface area contributed by atoms with Gasteiger partial charge in [-0.05, 0) is 43.9 Å². The van der Waals surface area contributed by atoms with Gasteiger partial charge in [-0.1, -0.05) is 23.4 Å². The molecule has 2 fully saturated rings. The molecule has 4 heterocycles. The molecule has 29 heavy (non-hydrogen) atoms. The lowest BCUT2D eigenvalue weighted by Crippen LogP contribution is -2.41. The summed E-state index contributed by atoms with van der Waals surface area (Å²) in [7, 11) is 1.56. The number of piperidine rings is 1. The van der Waals surface area contributed by atoms with E-state index in [1.54, 1.807) is 25.1 Å². The minimum absolute atomic E-state index is 0.357. The monoisotopic (exact) mass is 452 g/mol. The molecule has 0 radical (unpaired) electrons. The SMILES string of the molecule is COc1nccc(Sc2cnc(N3CCC4(CC3)CO[C@@H](C)C4)c(SC)n2)c1Cl. The van der Waals surface area contributed by atoms with Crippen LogP contribution in [0.2, 0.25) is 5.02 Å². The fraction of sp³-hybridized carbons (Fsp3) is 0.550. The van der Waals surface area contributed by atoms with Gasteiger partial charge in [0.2, 0.25) is 5.88 Å². The van der Waals surface area contributed by atoms with Crippen LogP contribution in [0.3, 0.4) is 0 Å². The Labute approximate surface area is 185 Å². The second-order valence-corrected chi connectivity index (χ2v) is 9.82. The van der Waals surface area contributed by atoms with Gasteiger partial charge in [-0.3, -0.25) is 0 Å². The van der Waals surface area contributed by atoms with Gasteiger partial charge in [0.1, 0.15) is 15.1 Å². The Bertz CT molecular complexity index is 878. The number of pyridine rings is 1. The van der Waals surface area contributed by atoms with Crippen LogP contribution >= 0.6 is 35.1 Å². The number of aromatic nitrogens is 3. The van der Waals surface area contributed by atoms with Crippen molar-refractivity contribution in [3.8, 4) is 5.88 Å². The largest absolute Gasteiger partial charge is 0.480 e. The Kier molecular flexibility index (Phi) is 6.44. The van der Waals surface area contributed by atoms with Crippen molar-refractivity contribution >= 4 is 40.9 Å². The lowest BCUT2D eigenvalue weighted by molar-refractivity contribution is 0.0975. The van der Waals surface area contributed by atoms with E-state index in [9.17, 15) is 0 Å². The molecule has 2 aliphatic rings. The van der Waals surface area contributed by atoms with E-state index in [1.807, 2.05) is 18.5 Å². The summed E-state index contributed by atoms with van der Waals surface area (Å²) in [5.41, 5.74) is 0.357. The second-order valence-electron chi connectivity index (χ2n) is 7.59. The van der Waals surface area contributed by atoms with Crippen molar-refractivity contribution in [2.45, 2.75) is 47.2 Å². The van der Waals surface area contributed by atoms with Crippen LogP contribution in [0.4, 0.5) is 5.82 Å². The molecule has 2 aromatic heterocycles. The predicted molar refractivity (Wildman–Crippen MR) is 118 cm³/mol. The smallest absolute Gasteiger partial charge is 0.233 e. The fourth-order valence-corrected chi connectivity index (χ4v) is 5.77. The van der Waals surface area contributed by atoms with Crippen LogP contribution in [0.1, 0.15) is 26.2 Å². The van der Waals surface area contributed by atoms with Crippen molar-refractivity contribution in [2.75, 3.05) is 38.0 Å². The third-order valence-corrected chi connectivity index (χ3v) is 7.75. The van der Waals surface area contributed by atoms with Gasteiger partial charge in [0.15, 0.2) is 5.82 Å². The number of anilines is 1. The normalized spacial score (nSPS) is 21.0. The molecule has 0 aliphatic carbocycles. The minimum Gasteiger partial charge on any atom is -0.480 e. The average Bonchev–Trinajstić information content (AvgIpc) is 3.10.